The van der Waals surface area contributed by atoms with Gasteiger partial charge in [-0.3, -0.25) is 0 Å². The zero-order valence-corrected chi connectivity index (χ0v) is 30.9. The average Bonchev–Trinajstić information content (AvgIpc) is 3.93. The van der Waals surface area contributed by atoms with Gasteiger partial charge in [-0.25, -0.2) is 0 Å². The zero-order valence-electron chi connectivity index (χ0n) is 29.3. The summed E-state index contributed by atoms with van der Waals surface area (Å²) in [6.07, 6.45) is 0. The van der Waals surface area contributed by atoms with E-state index in [0.717, 1.165) is 0 Å². The normalized spacial score (nSPS) is 11.7. The van der Waals surface area contributed by atoms with E-state index in [0.29, 0.717) is 0 Å². The maximum atomic E-state index is 2.45. The maximum absolute atomic E-state index is 2.45. The van der Waals surface area contributed by atoms with Crippen molar-refractivity contribution < 1.29 is 0 Å². The molecule has 0 radical (unpaired) electrons. The first-order chi connectivity index (χ1) is 26.7. The van der Waals surface area contributed by atoms with Crippen molar-refractivity contribution in [3.63, 3.8) is 0 Å². The summed E-state index contributed by atoms with van der Waals surface area (Å²) >= 11 is 3.75. The van der Waals surface area contributed by atoms with Crippen molar-refractivity contribution in [2.75, 3.05) is 0 Å². The Bertz CT molecular complexity index is 3230. The number of thiophene rings is 2. The van der Waals surface area contributed by atoms with E-state index in [2.05, 4.69) is 194 Å². The maximum Gasteiger partial charge on any atom is 0.0449 e. The van der Waals surface area contributed by atoms with E-state index >= 15 is 0 Å². The molecule has 0 aliphatic heterocycles. The first-order valence-electron chi connectivity index (χ1n) is 18.4. The second-order valence-electron chi connectivity index (χ2n) is 14.1. The minimum atomic E-state index is 1.24. The Morgan fingerprint density at radius 3 is 1.09 bits per heavy atom. The Morgan fingerprint density at radius 1 is 0.222 bits per heavy atom. The highest BCUT2D eigenvalue weighted by molar-refractivity contribution is 7.25. The van der Waals surface area contributed by atoms with Crippen LogP contribution in [0.1, 0.15) is 0 Å². The van der Waals surface area contributed by atoms with Crippen molar-refractivity contribution in [3.8, 4) is 52.9 Å². The minimum absolute atomic E-state index is 1.24. The third-order valence-electron chi connectivity index (χ3n) is 10.9. The van der Waals surface area contributed by atoms with Crippen molar-refractivity contribution in [2.24, 2.45) is 0 Å². The summed E-state index contributed by atoms with van der Waals surface area (Å²) < 4.78 is 0. The van der Waals surface area contributed by atoms with Crippen molar-refractivity contribution in [3.05, 3.63) is 194 Å². The van der Waals surface area contributed by atoms with Gasteiger partial charge in [-0.05, 0) is 136 Å². The molecule has 11 aromatic rings. The van der Waals surface area contributed by atoms with Crippen LogP contribution < -0.4 is 0 Å². The molecule has 11 rings (SSSR count). The molecule has 0 unspecified atom stereocenters. The van der Waals surface area contributed by atoms with Crippen LogP contribution in [-0.2, 0) is 0 Å². The Morgan fingerprint density at radius 2 is 0.574 bits per heavy atom. The summed E-state index contributed by atoms with van der Waals surface area (Å²) in [6, 6.07) is 71.9. The van der Waals surface area contributed by atoms with E-state index in [4.69, 9.17) is 0 Å². The highest BCUT2D eigenvalue weighted by atomic mass is 32.1. The lowest BCUT2D eigenvalue weighted by molar-refractivity contribution is 1.68. The molecule has 0 nitrogen and oxygen atoms in total. The van der Waals surface area contributed by atoms with E-state index in [1.807, 2.05) is 22.7 Å². The van der Waals surface area contributed by atoms with Crippen LogP contribution in [0.25, 0.3) is 107 Å². The van der Waals surface area contributed by atoms with E-state index in [9.17, 15) is 0 Å². The van der Waals surface area contributed by atoms with Crippen LogP contribution in [0.5, 0.6) is 0 Å². The Labute approximate surface area is 321 Å². The molecule has 0 spiro atoms. The van der Waals surface area contributed by atoms with Gasteiger partial charge in [0.2, 0.25) is 0 Å². The fourth-order valence-corrected chi connectivity index (χ4v) is 10.3. The molecule has 2 heterocycles. The van der Waals surface area contributed by atoms with Gasteiger partial charge in [0.05, 0.1) is 0 Å². The van der Waals surface area contributed by atoms with Gasteiger partial charge in [-0.1, -0.05) is 146 Å². The monoisotopic (exact) mass is 720 g/mol. The molecule has 9 aromatic carbocycles. The number of rotatable bonds is 5. The van der Waals surface area contributed by atoms with Crippen molar-refractivity contribution in [1.82, 2.24) is 0 Å². The molecule has 2 heteroatoms. The third kappa shape index (κ3) is 5.26. The molecule has 0 N–H and O–H groups in total. The van der Waals surface area contributed by atoms with Gasteiger partial charge in [0.1, 0.15) is 0 Å². The van der Waals surface area contributed by atoms with Crippen LogP contribution in [0.3, 0.4) is 0 Å². The quantitative estimate of drug-likeness (QED) is 0.155. The predicted octanol–water partition coefficient (Wildman–Crippen LogP) is 15.9. The van der Waals surface area contributed by atoms with E-state index in [1.54, 1.807) is 0 Å². The largest absolute Gasteiger partial charge is 0.134 e. The Hall–Kier alpha value is -6.32. The van der Waals surface area contributed by atoms with Crippen LogP contribution >= 0.6 is 22.7 Å². The van der Waals surface area contributed by atoms with E-state index < -0.39 is 0 Å². The highest BCUT2D eigenvalue weighted by Crippen LogP contribution is 2.47. The summed E-state index contributed by atoms with van der Waals surface area (Å²) in [7, 11) is 0. The average molecular weight is 721 g/mol. The smallest absolute Gasteiger partial charge is 0.0449 e. The number of fused-ring (bicyclic) bond motifs is 5. The summed E-state index contributed by atoms with van der Waals surface area (Å²) in [5.74, 6) is 0. The fraction of sp³-hybridized carbons (Fsp3) is 0. The summed E-state index contributed by atoms with van der Waals surface area (Å²) in [5.41, 5.74) is 7.57. The van der Waals surface area contributed by atoms with Crippen molar-refractivity contribution in [2.45, 2.75) is 0 Å². The van der Waals surface area contributed by atoms with Gasteiger partial charge in [0.15, 0.2) is 0 Å². The molecule has 0 saturated heterocycles. The van der Waals surface area contributed by atoms with Gasteiger partial charge in [-0.2, -0.15) is 0 Å². The molecule has 252 valence electrons. The minimum Gasteiger partial charge on any atom is -0.134 e. The third-order valence-corrected chi connectivity index (χ3v) is 13.3. The Kier molecular flexibility index (Phi) is 7.33. The topological polar surface area (TPSA) is 0 Å². The molecule has 0 saturated carbocycles. The van der Waals surface area contributed by atoms with Gasteiger partial charge >= 0.3 is 0 Å². The van der Waals surface area contributed by atoms with E-state index in [-0.39, 0.29) is 0 Å². The predicted molar refractivity (Wildman–Crippen MR) is 237 cm³/mol. The van der Waals surface area contributed by atoms with E-state index in [1.165, 1.54) is 107 Å². The number of benzene rings is 9. The lowest BCUT2D eigenvalue weighted by atomic mass is 9.84. The van der Waals surface area contributed by atoms with Crippen LogP contribution in [0.4, 0.5) is 0 Å². The lowest BCUT2D eigenvalue weighted by Crippen LogP contribution is -1.92. The molecule has 0 aliphatic carbocycles. The second kappa shape index (κ2) is 12.7. The first kappa shape index (κ1) is 31.2. The molecule has 0 atom stereocenters. The van der Waals surface area contributed by atoms with Crippen LogP contribution in [0, 0.1) is 0 Å². The van der Waals surface area contributed by atoms with Crippen molar-refractivity contribution >= 4 is 76.5 Å². The Balaban J connectivity index is 1.09. The molecule has 54 heavy (non-hydrogen) atoms. The number of hydrogen-bond acceptors (Lipinski definition) is 2. The van der Waals surface area contributed by atoms with Crippen LogP contribution in [-0.4, -0.2) is 0 Å². The SMILES string of the molecule is c1ccc2cc(-c3ccc(-c4ccc(-c5ccc6c(-c7ccc8ccccc8c7)c7ccccc7c(-c7ccc8ccccc8c7)c6c5)s4)s3)ccc2c1. The molecule has 0 amide bonds. The second-order valence-corrected chi connectivity index (χ2v) is 16.2. The molecule has 0 aliphatic rings. The fourth-order valence-electron chi connectivity index (χ4n) is 8.24. The first-order valence-corrected chi connectivity index (χ1v) is 20.0. The summed E-state index contributed by atoms with van der Waals surface area (Å²) in [6.45, 7) is 0. The highest BCUT2D eigenvalue weighted by Gasteiger charge is 2.19. The molecular weight excluding hydrogens is 689 g/mol. The molecule has 0 fully saturated rings. The lowest BCUT2D eigenvalue weighted by Gasteiger charge is -2.19. The summed E-state index contributed by atoms with van der Waals surface area (Å²) in [5, 5.41) is 12.7. The van der Waals surface area contributed by atoms with Crippen molar-refractivity contribution in [1.29, 1.82) is 0 Å². The van der Waals surface area contributed by atoms with Crippen LogP contribution in [0.15, 0.2) is 194 Å². The van der Waals surface area contributed by atoms with Crippen LogP contribution in [0.2, 0.25) is 0 Å². The summed E-state index contributed by atoms with van der Waals surface area (Å²) in [4.78, 5) is 5.17. The van der Waals surface area contributed by atoms with Gasteiger partial charge in [0.25, 0.3) is 0 Å². The standard InChI is InChI=1S/C52H32S2/c1-4-12-36-29-39(20-17-33(36)9-1)47-25-27-49(53-47)50-28-26-48(54-50)40-23-24-45-46(32-40)52(42-22-19-35-11-3-6-14-38(35)31-42)44-16-8-7-15-43(44)51(45)41-21-18-34-10-2-5-13-37(34)30-41/h1-32H. The van der Waals surface area contributed by atoms with Gasteiger partial charge < -0.3 is 0 Å². The van der Waals surface area contributed by atoms with Gasteiger partial charge in [0, 0.05) is 19.5 Å². The molecule has 0 bridgehead atoms. The number of hydrogen-bond donors (Lipinski definition) is 0. The zero-order chi connectivity index (χ0) is 35.6. The molecule has 2 aromatic heterocycles. The molecular formula is C52H32S2. The van der Waals surface area contributed by atoms with Gasteiger partial charge in [-0.15, -0.1) is 22.7 Å².